The number of rotatable bonds is 7. The number of ether oxygens (including phenoxy) is 2. The molecule has 0 amide bonds. The maximum atomic E-state index is 9.88. The van der Waals surface area contributed by atoms with Gasteiger partial charge in [0.15, 0.2) is 11.5 Å². The number of thiophene rings is 1. The van der Waals surface area contributed by atoms with Gasteiger partial charge in [0, 0.05) is 16.1 Å². The lowest BCUT2D eigenvalue weighted by atomic mass is 9.72. The summed E-state index contributed by atoms with van der Waals surface area (Å²) in [5.41, 5.74) is 4.06. The predicted octanol–water partition coefficient (Wildman–Crippen LogP) is 8.91. The van der Waals surface area contributed by atoms with Crippen molar-refractivity contribution in [1.82, 2.24) is 0 Å². The fourth-order valence-electron chi connectivity index (χ4n) is 4.45. The van der Waals surface area contributed by atoms with E-state index in [4.69, 9.17) is 26.1 Å². The van der Waals surface area contributed by atoms with Gasteiger partial charge in [-0.3, -0.25) is 0 Å². The van der Waals surface area contributed by atoms with Crippen LogP contribution in [0.2, 0.25) is 5.02 Å². The molecule has 1 heterocycles. The zero-order chi connectivity index (χ0) is 25.9. The van der Waals surface area contributed by atoms with Gasteiger partial charge in [0.1, 0.15) is 17.7 Å². The molecule has 1 aliphatic rings. The number of nitrogens with zero attached hydrogens (tertiary/aromatic N) is 2. The first-order chi connectivity index (χ1) is 17.2. The third-order valence-electron chi connectivity index (χ3n) is 6.54. The van der Waals surface area contributed by atoms with E-state index in [1.165, 1.54) is 10.4 Å². The fourth-order valence-corrected chi connectivity index (χ4v) is 6.37. The molecule has 0 aliphatic heterocycles. The quantitative estimate of drug-likeness (QED) is 0.260. The number of aliphatic imine (C=N–C) groups is 1. The minimum Gasteiger partial charge on any atom is -0.490 e. The molecule has 0 unspecified atom stereocenters. The molecule has 0 bridgehead atoms. The first-order valence-corrected chi connectivity index (χ1v) is 14.1. The van der Waals surface area contributed by atoms with Gasteiger partial charge in [0.05, 0.1) is 16.6 Å². The molecule has 0 saturated heterocycles. The summed E-state index contributed by atoms with van der Waals surface area (Å²) in [6.07, 6.45) is 4.89. The molecule has 7 heteroatoms. The summed E-state index contributed by atoms with van der Waals surface area (Å²) >= 11 is 11.3. The lowest BCUT2D eigenvalue weighted by Crippen LogP contribution is -2.26. The van der Waals surface area contributed by atoms with Crippen molar-refractivity contribution in [1.29, 1.82) is 5.26 Å². The molecule has 0 saturated carbocycles. The van der Waals surface area contributed by atoms with Crippen LogP contribution >= 0.6 is 38.9 Å². The van der Waals surface area contributed by atoms with Gasteiger partial charge in [0.25, 0.3) is 0 Å². The van der Waals surface area contributed by atoms with Crippen molar-refractivity contribution in [3.63, 3.8) is 0 Å². The van der Waals surface area contributed by atoms with E-state index in [1.54, 1.807) is 17.6 Å². The Labute approximate surface area is 231 Å². The van der Waals surface area contributed by atoms with E-state index < -0.39 is 0 Å². The van der Waals surface area contributed by atoms with Crippen LogP contribution < -0.4 is 9.47 Å². The average Bonchev–Trinajstić information content (AvgIpc) is 3.19. The zero-order valence-electron chi connectivity index (χ0n) is 21.0. The molecule has 0 radical (unpaired) electrons. The molecule has 1 aliphatic carbocycles. The maximum Gasteiger partial charge on any atom is 0.175 e. The Morgan fingerprint density at radius 2 is 1.97 bits per heavy atom. The first kappa shape index (κ1) is 26.7. The molecule has 4 nitrogen and oxygen atoms in total. The van der Waals surface area contributed by atoms with Crippen molar-refractivity contribution in [3.8, 4) is 17.6 Å². The molecular weight excluding hydrogens is 556 g/mol. The van der Waals surface area contributed by atoms with Gasteiger partial charge in [-0.05, 0) is 94.4 Å². The summed E-state index contributed by atoms with van der Waals surface area (Å²) in [5, 5.41) is 11.4. The Morgan fingerprint density at radius 3 is 2.64 bits per heavy atom. The van der Waals surface area contributed by atoms with E-state index in [0.29, 0.717) is 35.7 Å². The molecule has 4 rings (SSSR count). The van der Waals surface area contributed by atoms with Crippen molar-refractivity contribution < 1.29 is 9.47 Å². The van der Waals surface area contributed by atoms with Crippen LogP contribution in [0.25, 0.3) is 0 Å². The van der Waals surface area contributed by atoms with E-state index >= 15 is 0 Å². The standard InChI is InChI=1S/C29H30BrClN2O2S/c1-5-34-25-13-19(12-24(30)27(25)35-17-18-6-9-21(31)10-7-18)16-33-28-23(15-32)22-11-8-20(29(2,3)4)14-26(22)36-28/h6-7,9-10,12-13,16,20H,5,8,11,14,17H2,1-4H3/t20-/m1/s1. The van der Waals surface area contributed by atoms with Crippen LogP contribution in [0.5, 0.6) is 11.5 Å². The van der Waals surface area contributed by atoms with Crippen LogP contribution in [0.3, 0.4) is 0 Å². The minimum absolute atomic E-state index is 0.261. The van der Waals surface area contributed by atoms with E-state index in [1.807, 2.05) is 43.3 Å². The number of hydrogen-bond acceptors (Lipinski definition) is 5. The lowest BCUT2D eigenvalue weighted by Gasteiger charge is -2.33. The number of nitriles is 1. The Kier molecular flexibility index (Phi) is 8.44. The third kappa shape index (κ3) is 6.14. The third-order valence-corrected chi connectivity index (χ3v) is 8.55. The second-order valence-electron chi connectivity index (χ2n) is 10.0. The van der Waals surface area contributed by atoms with Crippen LogP contribution in [0, 0.1) is 22.7 Å². The SMILES string of the molecule is CCOc1cc(C=Nc2sc3c(c2C#N)CC[C@@H](C(C)(C)C)C3)cc(Br)c1OCc1ccc(Cl)cc1. The highest BCUT2D eigenvalue weighted by Crippen LogP contribution is 2.45. The van der Waals surface area contributed by atoms with E-state index in [2.05, 4.69) is 42.8 Å². The lowest BCUT2D eigenvalue weighted by molar-refractivity contribution is 0.218. The van der Waals surface area contributed by atoms with Gasteiger partial charge in [0.2, 0.25) is 0 Å². The van der Waals surface area contributed by atoms with Crippen LogP contribution in [-0.2, 0) is 19.4 Å². The van der Waals surface area contributed by atoms with Crippen LogP contribution in [-0.4, -0.2) is 12.8 Å². The Hall–Kier alpha value is -2.33. The van der Waals surface area contributed by atoms with Gasteiger partial charge in [-0.25, -0.2) is 4.99 Å². The summed E-state index contributed by atoms with van der Waals surface area (Å²) in [4.78, 5) is 6.07. The molecule has 1 atom stereocenters. The van der Waals surface area contributed by atoms with Gasteiger partial charge >= 0.3 is 0 Å². The van der Waals surface area contributed by atoms with Crippen molar-refractivity contribution in [2.45, 2.75) is 53.6 Å². The highest BCUT2D eigenvalue weighted by atomic mass is 79.9. The monoisotopic (exact) mass is 584 g/mol. The molecular formula is C29H30BrClN2O2S. The van der Waals surface area contributed by atoms with Crippen molar-refractivity contribution >= 4 is 50.1 Å². The molecule has 0 fully saturated rings. The van der Waals surface area contributed by atoms with Crippen LogP contribution in [0.4, 0.5) is 5.00 Å². The number of benzene rings is 2. The Morgan fingerprint density at radius 1 is 1.22 bits per heavy atom. The van der Waals surface area contributed by atoms with E-state index in [0.717, 1.165) is 45.4 Å². The fraction of sp³-hybridized carbons (Fsp3) is 0.379. The van der Waals surface area contributed by atoms with Crippen LogP contribution in [0.15, 0.2) is 45.9 Å². The summed E-state index contributed by atoms with van der Waals surface area (Å²) in [5.74, 6) is 1.90. The van der Waals surface area contributed by atoms with Gasteiger partial charge in [-0.1, -0.05) is 44.5 Å². The topological polar surface area (TPSA) is 54.6 Å². The smallest absolute Gasteiger partial charge is 0.175 e. The average molecular weight is 586 g/mol. The van der Waals surface area contributed by atoms with Gasteiger partial charge < -0.3 is 9.47 Å². The highest BCUT2D eigenvalue weighted by molar-refractivity contribution is 9.10. The molecule has 0 spiro atoms. The normalized spacial score (nSPS) is 15.5. The minimum atomic E-state index is 0.261. The van der Waals surface area contributed by atoms with Gasteiger partial charge in [-0.15, -0.1) is 11.3 Å². The number of halogens is 2. The molecule has 1 aromatic heterocycles. The summed E-state index contributed by atoms with van der Waals surface area (Å²) in [7, 11) is 0. The summed E-state index contributed by atoms with van der Waals surface area (Å²) in [6.45, 7) is 9.75. The largest absolute Gasteiger partial charge is 0.490 e. The Balaban J connectivity index is 1.57. The first-order valence-electron chi connectivity index (χ1n) is 12.1. The van der Waals surface area contributed by atoms with Crippen LogP contribution in [0.1, 0.15) is 61.2 Å². The van der Waals surface area contributed by atoms with Gasteiger partial charge in [-0.2, -0.15) is 5.26 Å². The maximum absolute atomic E-state index is 9.88. The molecule has 2 aromatic carbocycles. The summed E-state index contributed by atoms with van der Waals surface area (Å²) in [6, 6.07) is 13.9. The van der Waals surface area contributed by atoms with E-state index in [9.17, 15) is 5.26 Å². The predicted molar refractivity (Wildman–Crippen MR) is 152 cm³/mol. The Bertz CT molecular complexity index is 1300. The molecule has 188 valence electrons. The second kappa shape index (κ2) is 11.4. The van der Waals surface area contributed by atoms with Crippen molar-refractivity contribution in [3.05, 3.63) is 73.0 Å². The molecule has 3 aromatic rings. The summed E-state index contributed by atoms with van der Waals surface area (Å²) < 4.78 is 12.8. The number of fused-ring (bicyclic) bond motifs is 1. The van der Waals surface area contributed by atoms with Crippen molar-refractivity contribution in [2.75, 3.05) is 6.61 Å². The zero-order valence-corrected chi connectivity index (χ0v) is 24.2. The highest BCUT2D eigenvalue weighted by Gasteiger charge is 2.32. The second-order valence-corrected chi connectivity index (χ2v) is 12.4. The molecule has 36 heavy (non-hydrogen) atoms. The van der Waals surface area contributed by atoms with Crippen molar-refractivity contribution in [2.24, 2.45) is 16.3 Å². The molecule has 0 N–H and O–H groups in total. The number of hydrogen-bond donors (Lipinski definition) is 0. The van der Waals surface area contributed by atoms with E-state index in [-0.39, 0.29) is 5.41 Å².